The number of carboxylic acids is 1. The van der Waals surface area contributed by atoms with Crippen molar-refractivity contribution in [1.29, 1.82) is 0 Å². The van der Waals surface area contributed by atoms with Crippen molar-refractivity contribution in [3.05, 3.63) is 96.2 Å². The van der Waals surface area contributed by atoms with Gasteiger partial charge in [0.1, 0.15) is 5.82 Å². The normalized spacial score (nSPS) is 11.4. The highest BCUT2D eigenvalue weighted by molar-refractivity contribution is 5.85. The lowest BCUT2D eigenvalue weighted by molar-refractivity contribution is -0.131. The van der Waals surface area contributed by atoms with Gasteiger partial charge in [0.2, 0.25) is 0 Å². The molecule has 2 N–H and O–H groups in total. The summed E-state index contributed by atoms with van der Waals surface area (Å²) in [5.41, 5.74) is 4.70. The maximum atomic E-state index is 11.4. The predicted molar refractivity (Wildman–Crippen MR) is 136 cm³/mol. The Morgan fingerprint density at radius 1 is 1.06 bits per heavy atom. The molecule has 0 unspecified atom stereocenters. The third-order valence-electron chi connectivity index (χ3n) is 5.88. The smallest absolute Gasteiger partial charge is 0.328 e. The van der Waals surface area contributed by atoms with Crippen molar-refractivity contribution < 1.29 is 9.90 Å². The summed E-state index contributed by atoms with van der Waals surface area (Å²) >= 11 is 0. The zero-order valence-electron chi connectivity index (χ0n) is 19.7. The van der Waals surface area contributed by atoms with Crippen LogP contribution in [0.5, 0.6) is 0 Å². The quantitative estimate of drug-likeness (QED) is 0.298. The molecule has 0 saturated heterocycles. The van der Waals surface area contributed by atoms with Crippen LogP contribution in [0.1, 0.15) is 30.4 Å². The van der Waals surface area contributed by atoms with E-state index in [-0.39, 0.29) is 0 Å². The summed E-state index contributed by atoms with van der Waals surface area (Å²) in [6.07, 6.45) is 8.25. The number of H-pyrrole nitrogens is 1. The number of hydrogen-bond donors (Lipinski definition) is 2. The van der Waals surface area contributed by atoms with Gasteiger partial charge < -0.3 is 14.2 Å². The number of aliphatic carboxylic acids is 1. The molecule has 3 aromatic heterocycles. The average molecular weight is 480 g/mol. The molecule has 0 amide bonds. The van der Waals surface area contributed by atoms with Crippen LogP contribution in [0, 0.1) is 0 Å². The standard InChI is InChI=1S/C27H25N7O2/c1-2-8-24-28-27(33-15-6-7-16-33)23(13-14-25(35)36)34(24)18-19-11-12-21(20-9-4-3-5-10-20)22(17-19)26-29-31-32-30-26/h3-7,9-17H,2,8,18H2,1H3,(H,35,36)(H,29,30,31,32). The summed E-state index contributed by atoms with van der Waals surface area (Å²) in [6, 6.07) is 20.1. The van der Waals surface area contributed by atoms with Crippen molar-refractivity contribution in [2.45, 2.75) is 26.3 Å². The molecule has 9 heteroatoms. The van der Waals surface area contributed by atoms with Crippen LogP contribution in [0.3, 0.4) is 0 Å². The third-order valence-corrected chi connectivity index (χ3v) is 5.88. The highest BCUT2D eigenvalue weighted by Crippen LogP contribution is 2.31. The van der Waals surface area contributed by atoms with Gasteiger partial charge in [0, 0.05) is 37.0 Å². The summed E-state index contributed by atoms with van der Waals surface area (Å²) in [6.45, 7) is 2.61. The number of imidazole rings is 1. The number of tetrazole rings is 1. The lowest BCUT2D eigenvalue weighted by atomic mass is 9.97. The molecular formula is C27H25N7O2. The lowest BCUT2D eigenvalue weighted by Gasteiger charge is -2.14. The minimum Gasteiger partial charge on any atom is -0.478 e. The van der Waals surface area contributed by atoms with Gasteiger partial charge in [-0.3, -0.25) is 0 Å². The molecule has 5 rings (SSSR count). The number of carbonyl (C=O) groups is 1. The number of aromatic amines is 1. The number of nitrogens with zero attached hydrogens (tertiary/aromatic N) is 6. The number of aromatic nitrogens is 7. The summed E-state index contributed by atoms with van der Waals surface area (Å²) in [4.78, 5) is 16.3. The molecule has 0 bridgehead atoms. The first kappa shape index (κ1) is 23.0. The highest BCUT2D eigenvalue weighted by Gasteiger charge is 2.18. The van der Waals surface area contributed by atoms with Crippen LogP contribution in [0.15, 0.2) is 79.1 Å². The fourth-order valence-electron chi connectivity index (χ4n) is 4.28. The maximum absolute atomic E-state index is 11.4. The summed E-state index contributed by atoms with van der Waals surface area (Å²) in [5, 5.41) is 23.9. The first-order valence-corrected chi connectivity index (χ1v) is 11.7. The molecule has 9 nitrogen and oxygen atoms in total. The van der Waals surface area contributed by atoms with Crippen LogP contribution in [0.2, 0.25) is 0 Å². The van der Waals surface area contributed by atoms with E-state index in [9.17, 15) is 9.90 Å². The Hall–Kier alpha value is -4.79. The molecular weight excluding hydrogens is 454 g/mol. The second-order valence-electron chi connectivity index (χ2n) is 8.33. The molecule has 0 spiro atoms. The van der Waals surface area contributed by atoms with E-state index in [0.717, 1.165) is 52.7 Å². The second kappa shape index (κ2) is 10.2. The largest absolute Gasteiger partial charge is 0.478 e. The summed E-state index contributed by atoms with van der Waals surface area (Å²) in [5.74, 6) is 1.16. The van der Waals surface area contributed by atoms with Crippen LogP contribution < -0.4 is 0 Å². The van der Waals surface area contributed by atoms with Gasteiger partial charge >= 0.3 is 5.97 Å². The molecule has 0 aliphatic carbocycles. The van der Waals surface area contributed by atoms with E-state index in [4.69, 9.17) is 4.98 Å². The van der Waals surface area contributed by atoms with E-state index in [1.807, 2.05) is 47.3 Å². The van der Waals surface area contributed by atoms with E-state index in [0.29, 0.717) is 18.2 Å². The van der Waals surface area contributed by atoms with Crippen molar-refractivity contribution >= 4 is 12.0 Å². The summed E-state index contributed by atoms with van der Waals surface area (Å²) < 4.78 is 3.99. The fraction of sp³-hybridized carbons (Fsp3) is 0.148. The van der Waals surface area contributed by atoms with Gasteiger partial charge in [0.05, 0.1) is 5.69 Å². The zero-order valence-corrected chi connectivity index (χ0v) is 19.7. The van der Waals surface area contributed by atoms with Crippen LogP contribution in [0.25, 0.3) is 34.4 Å². The van der Waals surface area contributed by atoms with E-state index in [1.165, 1.54) is 0 Å². The molecule has 180 valence electrons. The number of hydrogen-bond acceptors (Lipinski definition) is 5. The Morgan fingerprint density at radius 2 is 1.86 bits per heavy atom. The van der Waals surface area contributed by atoms with E-state index in [1.54, 1.807) is 6.08 Å². The monoisotopic (exact) mass is 479 g/mol. The van der Waals surface area contributed by atoms with Gasteiger partial charge in [-0.1, -0.05) is 49.4 Å². The van der Waals surface area contributed by atoms with Crippen molar-refractivity contribution in [3.63, 3.8) is 0 Å². The Morgan fingerprint density at radius 3 is 2.56 bits per heavy atom. The molecule has 0 aliphatic rings. The molecule has 2 aromatic carbocycles. The van der Waals surface area contributed by atoms with Gasteiger partial charge in [0.25, 0.3) is 0 Å². The van der Waals surface area contributed by atoms with E-state index >= 15 is 0 Å². The number of nitrogens with one attached hydrogen (secondary N) is 1. The average Bonchev–Trinajstić information content (AvgIpc) is 3.66. The van der Waals surface area contributed by atoms with E-state index in [2.05, 4.69) is 62.4 Å². The lowest BCUT2D eigenvalue weighted by Crippen LogP contribution is -2.08. The third kappa shape index (κ3) is 4.72. The Balaban J connectivity index is 1.63. The maximum Gasteiger partial charge on any atom is 0.328 e. The van der Waals surface area contributed by atoms with Gasteiger partial charge in [-0.25, -0.2) is 14.9 Å². The van der Waals surface area contributed by atoms with Crippen LogP contribution in [0.4, 0.5) is 0 Å². The minimum atomic E-state index is -1.01. The molecule has 0 fully saturated rings. The van der Waals surface area contributed by atoms with Crippen molar-refractivity contribution in [2.75, 3.05) is 0 Å². The van der Waals surface area contributed by atoms with E-state index < -0.39 is 5.97 Å². The highest BCUT2D eigenvalue weighted by atomic mass is 16.4. The number of carboxylic acid groups (broad SMARTS) is 1. The fourth-order valence-corrected chi connectivity index (χ4v) is 4.28. The van der Waals surface area contributed by atoms with Crippen LogP contribution in [-0.2, 0) is 17.8 Å². The van der Waals surface area contributed by atoms with Gasteiger partial charge in [-0.05, 0) is 57.8 Å². The number of rotatable bonds is 9. The molecule has 0 saturated carbocycles. The van der Waals surface area contributed by atoms with Gasteiger partial charge in [-0.2, -0.15) is 0 Å². The molecule has 0 atom stereocenters. The number of benzene rings is 2. The molecule has 36 heavy (non-hydrogen) atoms. The Kier molecular flexibility index (Phi) is 6.53. The SMILES string of the molecule is CCCc1nc(-n2cccc2)c(C=CC(=O)O)n1Cc1ccc(-c2ccccc2)c(-c2nnn[nH]2)c1. The Bertz CT molecular complexity index is 1480. The van der Waals surface area contributed by atoms with Crippen molar-refractivity contribution in [1.82, 2.24) is 34.7 Å². The van der Waals surface area contributed by atoms with Crippen molar-refractivity contribution in [3.8, 4) is 28.3 Å². The Labute approximate surface area is 207 Å². The van der Waals surface area contributed by atoms with Gasteiger partial charge in [0.15, 0.2) is 11.6 Å². The van der Waals surface area contributed by atoms with Gasteiger partial charge in [-0.15, -0.1) is 5.10 Å². The minimum absolute atomic E-state index is 0.506. The first-order chi connectivity index (χ1) is 17.6. The molecule has 0 aliphatic heterocycles. The molecule has 3 heterocycles. The zero-order chi connectivity index (χ0) is 24.9. The molecule has 0 radical (unpaired) electrons. The van der Waals surface area contributed by atoms with Crippen LogP contribution in [-0.4, -0.2) is 45.8 Å². The predicted octanol–water partition coefficient (Wildman–Crippen LogP) is 4.62. The summed E-state index contributed by atoms with van der Waals surface area (Å²) in [7, 11) is 0. The first-order valence-electron chi connectivity index (χ1n) is 11.7. The topological polar surface area (TPSA) is 115 Å². The van der Waals surface area contributed by atoms with Crippen LogP contribution >= 0.6 is 0 Å². The number of aryl methyl sites for hydroxylation is 1. The van der Waals surface area contributed by atoms with Crippen molar-refractivity contribution in [2.24, 2.45) is 0 Å². The molecule has 5 aromatic rings. The second-order valence-corrected chi connectivity index (χ2v) is 8.33.